The van der Waals surface area contributed by atoms with E-state index in [1.54, 1.807) is 29.5 Å². The van der Waals surface area contributed by atoms with E-state index < -0.39 is 0 Å². The van der Waals surface area contributed by atoms with Gasteiger partial charge in [0, 0.05) is 16.6 Å². The Labute approximate surface area is 155 Å². The first-order valence-corrected chi connectivity index (χ1v) is 9.19. The zero-order valence-corrected chi connectivity index (χ0v) is 14.8. The predicted molar refractivity (Wildman–Crippen MR) is 102 cm³/mol. The predicted octanol–water partition coefficient (Wildman–Crippen LogP) is 3.79. The third-order valence-corrected chi connectivity index (χ3v) is 5.02. The van der Waals surface area contributed by atoms with E-state index in [4.69, 9.17) is 9.47 Å². The van der Waals surface area contributed by atoms with Gasteiger partial charge >= 0.3 is 0 Å². The number of hydrogen-bond acceptors (Lipinski definition) is 5. The SMILES string of the molecule is O=C(CN[C@H](c1ccccc1)c1cccs1)Nc1ccc2c(c1)OCO2. The molecule has 0 bridgehead atoms. The molecule has 4 rings (SSSR count). The lowest BCUT2D eigenvalue weighted by atomic mass is 10.1. The van der Waals surface area contributed by atoms with Gasteiger partial charge in [-0.15, -0.1) is 11.3 Å². The molecule has 1 amide bonds. The van der Waals surface area contributed by atoms with Crippen molar-refractivity contribution in [1.82, 2.24) is 5.32 Å². The number of carbonyl (C=O) groups is 1. The summed E-state index contributed by atoms with van der Waals surface area (Å²) in [6, 6.07) is 19.6. The average Bonchev–Trinajstić information content (AvgIpc) is 3.34. The minimum absolute atomic E-state index is 0.0151. The van der Waals surface area contributed by atoms with Gasteiger partial charge in [-0.3, -0.25) is 10.1 Å². The summed E-state index contributed by atoms with van der Waals surface area (Å²) in [5.41, 5.74) is 1.82. The van der Waals surface area contributed by atoms with E-state index >= 15 is 0 Å². The molecule has 26 heavy (non-hydrogen) atoms. The molecule has 0 saturated heterocycles. The van der Waals surface area contributed by atoms with Crippen LogP contribution in [0.1, 0.15) is 16.5 Å². The first kappa shape index (κ1) is 16.6. The Morgan fingerprint density at radius 2 is 1.88 bits per heavy atom. The summed E-state index contributed by atoms with van der Waals surface area (Å²) >= 11 is 1.67. The van der Waals surface area contributed by atoms with Crippen molar-refractivity contribution in [3.8, 4) is 11.5 Å². The highest BCUT2D eigenvalue weighted by atomic mass is 32.1. The third-order valence-electron chi connectivity index (χ3n) is 4.08. The van der Waals surface area contributed by atoms with E-state index in [2.05, 4.69) is 28.8 Å². The number of amides is 1. The van der Waals surface area contributed by atoms with Crippen LogP contribution in [0, 0.1) is 0 Å². The van der Waals surface area contributed by atoms with Crippen LogP contribution in [0.15, 0.2) is 66.0 Å². The maximum absolute atomic E-state index is 12.4. The lowest BCUT2D eigenvalue weighted by molar-refractivity contribution is -0.115. The van der Waals surface area contributed by atoms with Crippen LogP contribution in [0.3, 0.4) is 0 Å². The second-order valence-electron chi connectivity index (χ2n) is 5.86. The summed E-state index contributed by atoms with van der Waals surface area (Å²) in [5, 5.41) is 8.28. The van der Waals surface area contributed by atoms with Gasteiger partial charge in [0.2, 0.25) is 12.7 Å². The molecule has 2 aromatic carbocycles. The van der Waals surface area contributed by atoms with E-state index in [1.807, 2.05) is 29.6 Å². The van der Waals surface area contributed by atoms with Crippen molar-refractivity contribution >= 4 is 22.9 Å². The summed E-state index contributed by atoms with van der Waals surface area (Å²) in [4.78, 5) is 13.5. The van der Waals surface area contributed by atoms with E-state index in [0.29, 0.717) is 17.2 Å². The van der Waals surface area contributed by atoms with Crippen molar-refractivity contribution in [2.75, 3.05) is 18.7 Å². The molecule has 1 aromatic heterocycles. The maximum Gasteiger partial charge on any atom is 0.238 e. The Morgan fingerprint density at radius 3 is 2.69 bits per heavy atom. The van der Waals surface area contributed by atoms with Crippen LogP contribution in [0.5, 0.6) is 11.5 Å². The van der Waals surface area contributed by atoms with Crippen molar-refractivity contribution < 1.29 is 14.3 Å². The zero-order valence-electron chi connectivity index (χ0n) is 14.0. The molecule has 0 fully saturated rings. The van der Waals surface area contributed by atoms with E-state index in [9.17, 15) is 4.79 Å². The number of fused-ring (bicyclic) bond motifs is 1. The fourth-order valence-corrected chi connectivity index (χ4v) is 3.68. The third kappa shape index (κ3) is 3.71. The smallest absolute Gasteiger partial charge is 0.238 e. The van der Waals surface area contributed by atoms with Gasteiger partial charge < -0.3 is 14.8 Å². The molecule has 1 atom stereocenters. The molecule has 0 radical (unpaired) electrons. The first-order chi connectivity index (χ1) is 12.8. The number of thiophene rings is 1. The first-order valence-electron chi connectivity index (χ1n) is 8.31. The number of rotatable bonds is 6. The highest BCUT2D eigenvalue weighted by Gasteiger charge is 2.17. The molecule has 132 valence electrons. The lowest BCUT2D eigenvalue weighted by Crippen LogP contribution is -2.31. The van der Waals surface area contributed by atoms with E-state index in [0.717, 1.165) is 5.56 Å². The molecule has 0 aliphatic carbocycles. The molecule has 6 heteroatoms. The van der Waals surface area contributed by atoms with Gasteiger partial charge in [0.05, 0.1) is 12.6 Å². The van der Waals surface area contributed by atoms with Crippen LogP contribution in [-0.4, -0.2) is 19.2 Å². The molecule has 1 aliphatic rings. The number of benzene rings is 2. The van der Waals surface area contributed by atoms with Gasteiger partial charge in [0.25, 0.3) is 0 Å². The summed E-state index contributed by atoms with van der Waals surface area (Å²) in [6.07, 6.45) is 0. The van der Waals surface area contributed by atoms with Gasteiger partial charge in [-0.1, -0.05) is 36.4 Å². The minimum atomic E-state index is -0.110. The molecule has 0 spiro atoms. The van der Waals surface area contributed by atoms with Crippen LogP contribution in [-0.2, 0) is 4.79 Å². The fourth-order valence-electron chi connectivity index (χ4n) is 2.86. The average molecular weight is 366 g/mol. The maximum atomic E-state index is 12.4. The van der Waals surface area contributed by atoms with Gasteiger partial charge in [0.15, 0.2) is 11.5 Å². The Hall–Kier alpha value is -2.83. The quantitative estimate of drug-likeness (QED) is 0.697. The molecule has 2 heterocycles. The molecule has 0 unspecified atom stereocenters. The normalized spacial score (nSPS) is 13.4. The number of ether oxygens (including phenoxy) is 2. The molecule has 1 aliphatic heterocycles. The molecular weight excluding hydrogens is 348 g/mol. The van der Waals surface area contributed by atoms with Crippen LogP contribution >= 0.6 is 11.3 Å². The van der Waals surface area contributed by atoms with Crippen molar-refractivity contribution in [1.29, 1.82) is 0 Å². The van der Waals surface area contributed by atoms with Crippen molar-refractivity contribution in [3.05, 3.63) is 76.5 Å². The second kappa shape index (κ2) is 7.59. The highest BCUT2D eigenvalue weighted by molar-refractivity contribution is 7.10. The minimum Gasteiger partial charge on any atom is -0.454 e. The standard InChI is InChI=1S/C20H18N2O3S/c23-19(22-15-8-9-16-17(11-15)25-13-24-16)12-21-20(18-7-4-10-26-18)14-5-2-1-3-6-14/h1-11,20-21H,12-13H2,(H,22,23)/t20-/m1/s1. The van der Waals surface area contributed by atoms with Crippen LogP contribution in [0.2, 0.25) is 0 Å². The monoisotopic (exact) mass is 366 g/mol. The Balaban J connectivity index is 1.42. The summed E-state index contributed by atoms with van der Waals surface area (Å²) < 4.78 is 10.6. The van der Waals surface area contributed by atoms with E-state index in [-0.39, 0.29) is 25.3 Å². The largest absolute Gasteiger partial charge is 0.454 e. The Bertz CT molecular complexity index is 881. The van der Waals surface area contributed by atoms with Crippen molar-refractivity contribution in [2.45, 2.75) is 6.04 Å². The summed E-state index contributed by atoms with van der Waals surface area (Å²) in [5.74, 6) is 1.24. The van der Waals surface area contributed by atoms with E-state index in [1.165, 1.54) is 4.88 Å². The highest BCUT2D eigenvalue weighted by Crippen LogP contribution is 2.34. The van der Waals surface area contributed by atoms with Gasteiger partial charge in [-0.05, 0) is 29.1 Å². The second-order valence-corrected chi connectivity index (χ2v) is 6.84. The van der Waals surface area contributed by atoms with Gasteiger partial charge in [-0.2, -0.15) is 0 Å². The molecular formula is C20H18N2O3S. The zero-order chi connectivity index (χ0) is 17.8. The Morgan fingerprint density at radius 1 is 1.04 bits per heavy atom. The fraction of sp³-hybridized carbons (Fsp3) is 0.150. The van der Waals surface area contributed by atoms with Gasteiger partial charge in [0.1, 0.15) is 0 Å². The molecule has 5 nitrogen and oxygen atoms in total. The lowest BCUT2D eigenvalue weighted by Gasteiger charge is -2.18. The number of nitrogens with one attached hydrogen (secondary N) is 2. The topological polar surface area (TPSA) is 59.6 Å². The summed E-state index contributed by atoms with van der Waals surface area (Å²) in [6.45, 7) is 0.416. The molecule has 2 N–H and O–H groups in total. The molecule has 3 aromatic rings. The van der Waals surface area contributed by atoms with Crippen LogP contribution in [0.4, 0.5) is 5.69 Å². The van der Waals surface area contributed by atoms with Crippen molar-refractivity contribution in [3.63, 3.8) is 0 Å². The van der Waals surface area contributed by atoms with Crippen LogP contribution < -0.4 is 20.1 Å². The molecule has 0 saturated carbocycles. The number of carbonyl (C=O) groups excluding carboxylic acids is 1. The van der Waals surface area contributed by atoms with Gasteiger partial charge in [-0.25, -0.2) is 0 Å². The Kier molecular flexibility index (Phi) is 4.86. The summed E-state index contributed by atoms with van der Waals surface area (Å²) in [7, 11) is 0. The van der Waals surface area contributed by atoms with Crippen molar-refractivity contribution in [2.24, 2.45) is 0 Å². The van der Waals surface area contributed by atoms with Crippen LogP contribution in [0.25, 0.3) is 0 Å². The number of anilines is 1. The number of hydrogen-bond donors (Lipinski definition) is 2.